The fourth-order valence-corrected chi connectivity index (χ4v) is 3.60. The Hall–Kier alpha value is -4.06. The summed E-state index contributed by atoms with van der Waals surface area (Å²) in [5.41, 5.74) is 8.57. The number of hydrogen-bond acceptors (Lipinski definition) is 5. The van der Waals surface area contributed by atoms with E-state index in [1.165, 1.54) is 0 Å². The highest BCUT2D eigenvalue weighted by Crippen LogP contribution is 2.27. The molecule has 0 aliphatic carbocycles. The van der Waals surface area contributed by atoms with Gasteiger partial charge in [-0.25, -0.2) is 20.4 Å². The molecule has 0 bridgehead atoms. The van der Waals surface area contributed by atoms with Gasteiger partial charge in [-0.15, -0.1) is 0 Å². The number of hydrogen-bond donors (Lipinski definition) is 1. The van der Waals surface area contributed by atoms with Crippen LogP contribution in [0.5, 0.6) is 0 Å². The zero-order chi connectivity index (χ0) is 20.5. The number of aromatic nitrogens is 4. The minimum absolute atomic E-state index is 0.450. The maximum Gasteiger partial charge on any atom is 0.244 e. The number of rotatable bonds is 4. The van der Waals surface area contributed by atoms with Crippen molar-refractivity contribution in [3.05, 3.63) is 84.7 Å². The molecule has 0 radical (unpaired) electrons. The molecule has 0 atom stereocenters. The van der Waals surface area contributed by atoms with E-state index in [0.717, 1.165) is 44.7 Å². The number of aryl methyl sites for hydroxylation is 1. The van der Waals surface area contributed by atoms with Crippen molar-refractivity contribution in [2.45, 2.75) is 6.92 Å². The van der Waals surface area contributed by atoms with Crippen molar-refractivity contribution < 1.29 is 0 Å². The van der Waals surface area contributed by atoms with Gasteiger partial charge in [0.05, 0.1) is 22.2 Å². The van der Waals surface area contributed by atoms with Crippen LogP contribution in [0.4, 0.5) is 5.95 Å². The molecule has 146 valence electrons. The van der Waals surface area contributed by atoms with Gasteiger partial charge in [-0.1, -0.05) is 60.7 Å². The van der Waals surface area contributed by atoms with E-state index < -0.39 is 0 Å². The van der Waals surface area contributed by atoms with Crippen LogP contribution in [0.15, 0.2) is 84.0 Å². The summed E-state index contributed by atoms with van der Waals surface area (Å²) in [4.78, 5) is 14.1. The van der Waals surface area contributed by atoms with Gasteiger partial charge in [-0.3, -0.25) is 0 Å². The monoisotopic (exact) mass is 392 g/mol. The Labute approximate surface area is 173 Å². The molecule has 2 heterocycles. The van der Waals surface area contributed by atoms with Gasteiger partial charge in [-0.05, 0) is 25.1 Å². The van der Waals surface area contributed by atoms with E-state index in [9.17, 15) is 0 Å². The van der Waals surface area contributed by atoms with Crippen LogP contribution in [0.25, 0.3) is 33.2 Å². The summed E-state index contributed by atoms with van der Waals surface area (Å²) in [6.07, 6.45) is 0. The molecule has 0 aliphatic rings. The molecule has 30 heavy (non-hydrogen) atoms. The zero-order valence-electron chi connectivity index (χ0n) is 16.7. The lowest BCUT2D eigenvalue weighted by atomic mass is 10.1. The van der Waals surface area contributed by atoms with Gasteiger partial charge in [0.1, 0.15) is 5.71 Å². The predicted octanol–water partition coefficient (Wildman–Crippen LogP) is 5.02. The highest BCUT2D eigenvalue weighted by molar-refractivity contribution is 5.99. The maximum absolute atomic E-state index is 4.75. The first-order chi connectivity index (χ1) is 14.7. The van der Waals surface area contributed by atoms with Crippen LogP contribution in [-0.4, -0.2) is 25.2 Å². The average molecular weight is 392 g/mol. The summed E-state index contributed by atoms with van der Waals surface area (Å²) >= 11 is 0. The zero-order valence-corrected chi connectivity index (χ0v) is 16.7. The number of imidazole rings is 1. The van der Waals surface area contributed by atoms with Gasteiger partial charge in [0.2, 0.25) is 5.95 Å². The van der Waals surface area contributed by atoms with E-state index in [-0.39, 0.29) is 0 Å². The second-order valence-electron chi connectivity index (χ2n) is 7.07. The van der Waals surface area contributed by atoms with E-state index in [1.807, 2.05) is 97.4 Å². The van der Waals surface area contributed by atoms with Crippen LogP contribution in [0.2, 0.25) is 0 Å². The van der Waals surface area contributed by atoms with Crippen molar-refractivity contribution >= 4 is 33.6 Å². The summed E-state index contributed by atoms with van der Waals surface area (Å²) in [5, 5.41) is 5.53. The smallest absolute Gasteiger partial charge is 0.244 e. The lowest BCUT2D eigenvalue weighted by Crippen LogP contribution is -2.08. The number of anilines is 1. The quantitative estimate of drug-likeness (QED) is 0.344. The molecule has 3 aromatic carbocycles. The molecule has 0 spiro atoms. The van der Waals surface area contributed by atoms with Gasteiger partial charge in [0.25, 0.3) is 0 Å². The van der Waals surface area contributed by atoms with E-state index >= 15 is 0 Å². The van der Waals surface area contributed by atoms with Crippen molar-refractivity contribution in [1.29, 1.82) is 0 Å². The van der Waals surface area contributed by atoms with E-state index in [1.54, 1.807) is 0 Å². The number of nitrogens with one attached hydrogen (secondary N) is 1. The van der Waals surface area contributed by atoms with E-state index in [2.05, 4.69) is 15.5 Å². The number of para-hydroxylation sites is 3. The highest BCUT2D eigenvalue weighted by atomic mass is 15.4. The van der Waals surface area contributed by atoms with E-state index in [4.69, 9.17) is 9.97 Å². The first kappa shape index (κ1) is 18.0. The van der Waals surface area contributed by atoms with Crippen LogP contribution in [0.1, 0.15) is 12.7 Å². The van der Waals surface area contributed by atoms with Gasteiger partial charge in [0.15, 0.2) is 5.82 Å². The van der Waals surface area contributed by atoms with Crippen LogP contribution >= 0.6 is 0 Å². The predicted molar refractivity (Wildman–Crippen MR) is 122 cm³/mol. The lowest BCUT2D eigenvalue weighted by molar-refractivity contribution is 0.926. The van der Waals surface area contributed by atoms with Gasteiger partial charge in [-0.2, -0.15) is 5.10 Å². The Morgan fingerprint density at radius 1 is 0.800 bits per heavy atom. The molecular weight excluding hydrogens is 372 g/mol. The Balaban J connectivity index is 1.54. The largest absolute Gasteiger partial charge is 0.326 e. The van der Waals surface area contributed by atoms with Gasteiger partial charge in [0, 0.05) is 18.0 Å². The standard InChI is InChI=1S/C24H20N6/c1-16(23-25-20-14-8-9-15-21(20)30(23)2)28-29-24-26-19-13-7-6-12-18(19)22(27-24)17-10-4-3-5-11-17/h3-15H,1-2H3,(H,26,27,29)/b28-16-. The molecule has 0 saturated carbocycles. The third-order valence-electron chi connectivity index (χ3n) is 5.08. The molecule has 6 heteroatoms. The Morgan fingerprint density at radius 3 is 2.30 bits per heavy atom. The maximum atomic E-state index is 4.75. The molecule has 0 amide bonds. The molecule has 0 unspecified atom stereocenters. The highest BCUT2D eigenvalue weighted by Gasteiger charge is 2.12. The fraction of sp³-hybridized carbons (Fsp3) is 0.0833. The summed E-state index contributed by atoms with van der Waals surface area (Å²) in [5.74, 6) is 1.25. The van der Waals surface area contributed by atoms with Crippen molar-refractivity contribution in [3.8, 4) is 11.3 Å². The summed E-state index contributed by atoms with van der Waals surface area (Å²) in [6, 6.07) is 26.1. The molecular formula is C24H20N6. The molecule has 0 fully saturated rings. The van der Waals surface area contributed by atoms with Crippen molar-refractivity contribution in [2.75, 3.05) is 5.43 Å². The normalized spacial score (nSPS) is 11.9. The second kappa shape index (κ2) is 7.40. The number of nitrogens with zero attached hydrogens (tertiary/aromatic N) is 5. The molecule has 0 aliphatic heterocycles. The molecule has 5 rings (SSSR count). The van der Waals surface area contributed by atoms with Crippen LogP contribution in [-0.2, 0) is 7.05 Å². The molecule has 1 N–H and O–H groups in total. The van der Waals surface area contributed by atoms with Crippen molar-refractivity contribution in [2.24, 2.45) is 12.1 Å². The number of hydrazone groups is 1. The van der Waals surface area contributed by atoms with Crippen LogP contribution in [0.3, 0.4) is 0 Å². The average Bonchev–Trinajstić information content (AvgIpc) is 3.14. The minimum Gasteiger partial charge on any atom is -0.326 e. The molecule has 2 aromatic heterocycles. The lowest BCUT2D eigenvalue weighted by Gasteiger charge is -2.09. The first-order valence-electron chi connectivity index (χ1n) is 9.75. The van der Waals surface area contributed by atoms with Gasteiger partial charge >= 0.3 is 0 Å². The van der Waals surface area contributed by atoms with Crippen molar-refractivity contribution in [3.63, 3.8) is 0 Å². The Kier molecular flexibility index (Phi) is 4.44. The minimum atomic E-state index is 0.450. The van der Waals surface area contributed by atoms with Gasteiger partial charge < -0.3 is 4.57 Å². The van der Waals surface area contributed by atoms with Crippen LogP contribution < -0.4 is 5.43 Å². The van der Waals surface area contributed by atoms with E-state index in [0.29, 0.717) is 5.95 Å². The summed E-state index contributed by atoms with van der Waals surface area (Å²) < 4.78 is 2.03. The fourth-order valence-electron chi connectivity index (χ4n) is 3.60. The van der Waals surface area contributed by atoms with Crippen LogP contribution in [0, 0.1) is 0 Å². The topological polar surface area (TPSA) is 68.0 Å². The molecule has 6 nitrogen and oxygen atoms in total. The Morgan fingerprint density at radius 2 is 1.50 bits per heavy atom. The number of benzene rings is 3. The third kappa shape index (κ3) is 3.18. The molecule has 0 saturated heterocycles. The third-order valence-corrected chi connectivity index (χ3v) is 5.08. The summed E-state index contributed by atoms with van der Waals surface area (Å²) in [7, 11) is 1.99. The first-order valence-corrected chi connectivity index (χ1v) is 9.75. The Bertz CT molecular complexity index is 1390. The SMILES string of the molecule is C/C(=N/Nc1nc(-c2ccccc2)c2ccccc2n1)c1nc2ccccc2n1C. The second-order valence-corrected chi connectivity index (χ2v) is 7.07. The summed E-state index contributed by atoms with van der Waals surface area (Å²) in [6.45, 7) is 1.92. The van der Waals surface area contributed by atoms with Crippen molar-refractivity contribution in [1.82, 2.24) is 19.5 Å². The number of fused-ring (bicyclic) bond motifs is 2. The molecule has 5 aromatic rings.